The first kappa shape index (κ1) is 18.9. The number of unbranched alkanes of at least 4 members (excludes halogenated alkanes) is 1. The van der Waals surface area contributed by atoms with E-state index in [0.717, 1.165) is 10.6 Å². The molecular formula is C16H29Cl. The van der Waals surface area contributed by atoms with Gasteiger partial charge >= 0.3 is 0 Å². The zero-order chi connectivity index (χ0) is 13.7. The second-order valence-corrected chi connectivity index (χ2v) is 4.72. The molecule has 0 radical (unpaired) electrons. The maximum Gasteiger partial charge on any atom is 0.0401 e. The van der Waals surface area contributed by atoms with Crippen LogP contribution in [0.1, 0.15) is 60.8 Å². The molecule has 1 atom stereocenters. The lowest BCUT2D eigenvalue weighted by atomic mass is 10.1. The molecule has 0 aliphatic heterocycles. The second kappa shape index (κ2) is 13.6. The average molecular weight is 257 g/mol. The Morgan fingerprint density at radius 3 is 2.00 bits per heavy atom. The highest BCUT2D eigenvalue weighted by Crippen LogP contribution is 2.20. The summed E-state index contributed by atoms with van der Waals surface area (Å²) in [5.74, 6) is 0.459. The van der Waals surface area contributed by atoms with E-state index in [-0.39, 0.29) is 0 Å². The molecule has 17 heavy (non-hydrogen) atoms. The number of rotatable bonds is 1. The molecule has 0 amide bonds. The molecule has 0 spiro atoms. The van der Waals surface area contributed by atoms with Crippen molar-refractivity contribution in [1.29, 1.82) is 0 Å². The Morgan fingerprint density at radius 1 is 1.12 bits per heavy atom. The Hall–Kier alpha value is -0.490. The molecular weight excluding hydrogens is 228 g/mol. The van der Waals surface area contributed by atoms with Gasteiger partial charge in [-0.3, -0.25) is 0 Å². The molecule has 0 aromatic rings. The largest absolute Gasteiger partial charge is 0.0844 e. The lowest BCUT2D eigenvalue weighted by molar-refractivity contribution is 0.886. The smallest absolute Gasteiger partial charge is 0.0401 e. The van der Waals surface area contributed by atoms with Crippen LogP contribution in [0.25, 0.3) is 0 Å². The van der Waals surface area contributed by atoms with Crippen LogP contribution in [0.5, 0.6) is 0 Å². The number of hydrogen-bond acceptors (Lipinski definition) is 0. The standard InChI is InChI=1S/C9H11Cl.C4H10.C3H8/c1-7-4-3-5-8(2)9(10)6-7;1-3-4-2;1-3-2/h3-7H,1-2H3;3-4H2,1-2H3;3H2,1-2H3. The van der Waals surface area contributed by atoms with Gasteiger partial charge in [-0.05, 0) is 18.4 Å². The van der Waals surface area contributed by atoms with Crippen LogP contribution in [0.2, 0.25) is 0 Å². The lowest BCUT2D eigenvalue weighted by Crippen LogP contribution is -1.81. The molecule has 0 aromatic carbocycles. The van der Waals surface area contributed by atoms with E-state index in [9.17, 15) is 0 Å². The van der Waals surface area contributed by atoms with Crippen LogP contribution in [0.4, 0.5) is 0 Å². The van der Waals surface area contributed by atoms with Crippen molar-refractivity contribution in [2.24, 2.45) is 5.92 Å². The Kier molecular flexibility index (Phi) is 15.1. The second-order valence-electron chi connectivity index (χ2n) is 4.32. The minimum Gasteiger partial charge on any atom is -0.0844 e. The van der Waals surface area contributed by atoms with Crippen molar-refractivity contribution in [3.8, 4) is 0 Å². The van der Waals surface area contributed by atoms with Crippen molar-refractivity contribution in [3.05, 3.63) is 34.9 Å². The first-order valence-corrected chi connectivity index (χ1v) is 7.13. The molecule has 1 heteroatoms. The van der Waals surface area contributed by atoms with E-state index in [0.29, 0.717) is 5.92 Å². The van der Waals surface area contributed by atoms with Gasteiger partial charge in [-0.25, -0.2) is 0 Å². The van der Waals surface area contributed by atoms with E-state index in [1.54, 1.807) is 0 Å². The van der Waals surface area contributed by atoms with Crippen LogP contribution >= 0.6 is 11.6 Å². The van der Waals surface area contributed by atoms with Crippen molar-refractivity contribution in [2.75, 3.05) is 0 Å². The summed E-state index contributed by atoms with van der Waals surface area (Å²) in [6, 6.07) is 0. The van der Waals surface area contributed by atoms with E-state index < -0.39 is 0 Å². The highest BCUT2D eigenvalue weighted by molar-refractivity contribution is 6.32. The van der Waals surface area contributed by atoms with Crippen molar-refractivity contribution < 1.29 is 0 Å². The molecule has 1 aliphatic carbocycles. The summed E-state index contributed by atoms with van der Waals surface area (Å²) < 4.78 is 0. The Balaban J connectivity index is 0. The van der Waals surface area contributed by atoms with Crippen LogP contribution in [0.3, 0.4) is 0 Å². The van der Waals surface area contributed by atoms with Gasteiger partial charge in [-0.2, -0.15) is 0 Å². The third-order valence-electron chi connectivity index (χ3n) is 2.05. The van der Waals surface area contributed by atoms with E-state index in [1.807, 2.05) is 19.1 Å². The van der Waals surface area contributed by atoms with Crippen molar-refractivity contribution in [3.63, 3.8) is 0 Å². The van der Waals surface area contributed by atoms with Crippen LogP contribution in [0.15, 0.2) is 34.9 Å². The summed E-state index contributed by atoms with van der Waals surface area (Å²) in [6.07, 6.45) is 12.1. The van der Waals surface area contributed by atoms with Crippen molar-refractivity contribution >= 4 is 11.6 Å². The maximum absolute atomic E-state index is 5.92. The Morgan fingerprint density at radius 2 is 1.59 bits per heavy atom. The summed E-state index contributed by atoms with van der Waals surface area (Å²) in [5.41, 5.74) is 1.14. The number of halogens is 1. The number of hydrogen-bond donors (Lipinski definition) is 0. The summed E-state index contributed by atoms with van der Waals surface area (Å²) >= 11 is 5.92. The van der Waals surface area contributed by atoms with Gasteiger partial charge in [0.15, 0.2) is 0 Å². The monoisotopic (exact) mass is 256 g/mol. The van der Waals surface area contributed by atoms with Crippen molar-refractivity contribution in [2.45, 2.75) is 60.8 Å². The first-order valence-electron chi connectivity index (χ1n) is 6.76. The highest BCUT2D eigenvalue weighted by Gasteiger charge is 2.00. The van der Waals surface area contributed by atoms with Crippen LogP contribution in [0, 0.1) is 5.92 Å². The normalized spacial score (nSPS) is 17.7. The minimum atomic E-state index is 0.459. The van der Waals surface area contributed by atoms with Gasteiger partial charge in [0.2, 0.25) is 0 Å². The SMILES string of the molecule is CC1=CC=CC(C)C=C1Cl.CCC.CCCC. The zero-order valence-corrected chi connectivity index (χ0v) is 13.1. The fourth-order valence-electron chi connectivity index (χ4n) is 0.873. The number of allylic oxidation sites excluding steroid dienone is 6. The summed E-state index contributed by atoms with van der Waals surface area (Å²) in [5, 5.41) is 0.873. The fraction of sp³-hybridized carbons (Fsp3) is 0.625. The molecule has 0 N–H and O–H groups in total. The molecule has 0 fully saturated rings. The van der Waals surface area contributed by atoms with Gasteiger partial charge in [0.25, 0.3) is 0 Å². The molecule has 0 aromatic heterocycles. The zero-order valence-electron chi connectivity index (χ0n) is 12.4. The predicted octanol–water partition coefficient (Wildman–Crippen LogP) is 6.48. The van der Waals surface area contributed by atoms with Crippen LogP contribution in [-0.2, 0) is 0 Å². The van der Waals surface area contributed by atoms with E-state index in [1.165, 1.54) is 19.3 Å². The molecule has 0 nitrogen and oxygen atoms in total. The maximum atomic E-state index is 5.92. The summed E-state index contributed by atoms with van der Waals surface area (Å²) in [6.45, 7) is 12.7. The van der Waals surface area contributed by atoms with Crippen LogP contribution in [-0.4, -0.2) is 0 Å². The van der Waals surface area contributed by atoms with Gasteiger partial charge < -0.3 is 0 Å². The topological polar surface area (TPSA) is 0 Å². The highest BCUT2D eigenvalue weighted by atomic mass is 35.5. The molecule has 1 aliphatic rings. The van der Waals surface area contributed by atoms with E-state index in [2.05, 4.69) is 46.8 Å². The predicted molar refractivity (Wildman–Crippen MR) is 82.5 cm³/mol. The third-order valence-corrected chi connectivity index (χ3v) is 2.47. The summed E-state index contributed by atoms with van der Waals surface area (Å²) in [4.78, 5) is 0. The molecule has 1 rings (SSSR count). The molecule has 1 unspecified atom stereocenters. The van der Waals surface area contributed by atoms with E-state index >= 15 is 0 Å². The molecule has 100 valence electrons. The van der Waals surface area contributed by atoms with Crippen molar-refractivity contribution in [1.82, 2.24) is 0 Å². The van der Waals surface area contributed by atoms with Gasteiger partial charge in [-0.1, -0.05) is 89.8 Å². The minimum absolute atomic E-state index is 0.459. The van der Waals surface area contributed by atoms with Crippen LogP contribution < -0.4 is 0 Å². The molecule has 0 heterocycles. The molecule has 0 saturated heterocycles. The summed E-state index contributed by atoms with van der Waals surface area (Å²) in [7, 11) is 0. The van der Waals surface area contributed by atoms with E-state index in [4.69, 9.17) is 11.6 Å². The van der Waals surface area contributed by atoms with Gasteiger partial charge in [0.1, 0.15) is 0 Å². The fourth-order valence-corrected chi connectivity index (χ4v) is 1.13. The Bertz CT molecular complexity index is 244. The third kappa shape index (κ3) is 13.4. The quantitative estimate of drug-likeness (QED) is 0.503. The van der Waals surface area contributed by atoms with Gasteiger partial charge in [-0.15, -0.1) is 0 Å². The average Bonchev–Trinajstić information content (AvgIpc) is 2.43. The molecule has 0 saturated carbocycles. The molecule has 0 bridgehead atoms. The lowest BCUT2D eigenvalue weighted by Gasteiger charge is -1.97. The van der Waals surface area contributed by atoms with Gasteiger partial charge in [0.05, 0.1) is 0 Å². The van der Waals surface area contributed by atoms with Gasteiger partial charge in [0, 0.05) is 5.03 Å². The Labute approximate surface area is 113 Å². The first-order chi connectivity index (χ1) is 8.03.